The van der Waals surface area contributed by atoms with Crippen molar-refractivity contribution in [2.45, 2.75) is 200 Å². The molecule has 6 heteroatoms. The molecule has 1 atom stereocenters. The van der Waals surface area contributed by atoms with Gasteiger partial charge >= 0.3 is 0 Å². The van der Waals surface area contributed by atoms with Crippen molar-refractivity contribution in [2.75, 3.05) is 19.8 Å². The highest BCUT2D eigenvalue weighted by molar-refractivity contribution is 5.84. The molecule has 1 unspecified atom stereocenters. The van der Waals surface area contributed by atoms with Crippen molar-refractivity contribution in [2.24, 2.45) is 9.98 Å². The fourth-order valence-corrected chi connectivity index (χ4v) is 6.80. The Labute approximate surface area is 331 Å². The zero-order chi connectivity index (χ0) is 38.7. The second-order valence-corrected chi connectivity index (χ2v) is 15.5. The molecule has 0 spiro atoms. The number of unbranched alkanes of at least 4 members (excludes halogenated alkanes) is 24. The smallest absolute Gasteiger partial charge is 0.128 e. The number of hydrogen-bond donors (Lipinski definition) is 2. The molecule has 0 aliphatic heterocycles. The zero-order valence-corrected chi connectivity index (χ0v) is 35.0. The molecule has 0 bridgehead atoms. The Kier molecular flexibility index (Phi) is 29.1. The lowest BCUT2D eigenvalue weighted by atomic mass is 10.0. The van der Waals surface area contributed by atoms with E-state index in [0.717, 1.165) is 19.3 Å². The third kappa shape index (κ3) is 24.4. The third-order valence-electron chi connectivity index (χ3n) is 10.5. The normalized spacial score (nSPS) is 12.3. The van der Waals surface area contributed by atoms with E-state index in [1.54, 1.807) is 24.6 Å². The number of aromatic hydroxyl groups is 2. The van der Waals surface area contributed by atoms with E-state index >= 15 is 0 Å². The van der Waals surface area contributed by atoms with Crippen molar-refractivity contribution in [1.29, 1.82) is 0 Å². The monoisotopic (exact) mass is 749 g/mol. The Bertz CT molecular complexity index is 1230. The highest BCUT2D eigenvalue weighted by Gasteiger charge is 2.07. The van der Waals surface area contributed by atoms with Gasteiger partial charge in [0, 0.05) is 35.7 Å². The van der Waals surface area contributed by atoms with Crippen LogP contribution in [-0.2, 0) is 0 Å². The molecule has 0 amide bonds. The summed E-state index contributed by atoms with van der Waals surface area (Å²) >= 11 is 0. The second kappa shape index (κ2) is 33.3. The number of ether oxygens (including phenoxy) is 2. The molecule has 0 aromatic heterocycles. The maximum Gasteiger partial charge on any atom is 0.128 e. The Balaban J connectivity index is 1.57. The summed E-state index contributed by atoms with van der Waals surface area (Å²) in [5.74, 6) is 1.72. The summed E-state index contributed by atoms with van der Waals surface area (Å²) in [4.78, 5) is 9.24. The first-order chi connectivity index (χ1) is 26.6. The summed E-state index contributed by atoms with van der Waals surface area (Å²) < 4.78 is 11.8. The van der Waals surface area contributed by atoms with Crippen LogP contribution >= 0.6 is 0 Å². The fraction of sp³-hybridized carbons (Fsp3) is 0.708. The topological polar surface area (TPSA) is 83.6 Å². The van der Waals surface area contributed by atoms with E-state index in [9.17, 15) is 10.2 Å². The van der Waals surface area contributed by atoms with Gasteiger partial charge in [-0.3, -0.25) is 9.98 Å². The minimum atomic E-state index is -0.0304. The highest BCUT2D eigenvalue weighted by atomic mass is 16.5. The number of phenols is 2. The van der Waals surface area contributed by atoms with Crippen LogP contribution in [0.3, 0.4) is 0 Å². The van der Waals surface area contributed by atoms with Crippen LogP contribution in [0.2, 0.25) is 0 Å². The molecule has 2 N–H and O–H groups in total. The van der Waals surface area contributed by atoms with Crippen molar-refractivity contribution in [3.05, 3.63) is 47.5 Å². The van der Waals surface area contributed by atoms with Crippen LogP contribution in [0, 0.1) is 0 Å². The van der Waals surface area contributed by atoms with E-state index < -0.39 is 0 Å². The summed E-state index contributed by atoms with van der Waals surface area (Å²) in [6.45, 7) is 8.46. The molecule has 0 radical (unpaired) electrons. The maximum absolute atomic E-state index is 10.6. The highest BCUT2D eigenvalue weighted by Crippen LogP contribution is 2.24. The van der Waals surface area contributed by atoms with Crippen LogP contribution in [0.1, 0.15) is 205 Å². The van der Waals surface area contributed by atoms with E-state index in [-0.39, 0.29) is 17.5 Å². The summed E-state index contributed by atoms with van der Waals surface area (Å²) in [5.41, 5.74) is 1.33. The van der Waals surface area contributed by atoms with Crippen LogP contribution in [0.4, 0.5) is 0 Å². The van der Waals surface area contributed by atoms with E-state index in [2.05, 4.69) is 30.8 Å². The van der Waals surface area contributed by atoms with Gasteiger partial charge in [0.15, 0.2) is 0 Å². The molecule has 2 rings (SSSR count). The molecule has 0 fully saturated rings. The number of phenolic OH excluding ortho intramolecular Hbond substituents is 2. The fourth-order valence-electron chi connectivity index (χ4n) is 6.80. The number of hydrogen-bond acceptors (Lipinski definition) is 6. The molecule has 306 valence electrons. The first-order valence-electron chi connectivity index (χ1n) is 22.5. The van der Waals surface area contributed by atoms with Gasteiger partial charge < -0.3 is 19.7 Å². The molecule has 0 aliphatic rings. The van der Waals surface area contributed by atoms with Gasteiger partial charge in [0.25, 0.3) is 0 Å². The van der Waals surface area contributed by atoms with Gasteiger partial charge in [-0.05, 0) is 43.5 Å². The van der Waals surface area contributed by atoms with Crippen molar-refractivity contribution in [1.82, 2.24) is 0 Å². The van der Waals surface area contributed by atoms with Crippen LogP contribution in [-0.4, -0.2) is 48.4 Å². The number of nitrogens with zero attached hydrogens (tertiary/aromatic N) is 2. The van der Waals surface area contributed by atoms with Crippen LogP contribution < -0.4 is 9.47 Å². The molecule has 54 heavy (non-hydrogen) atoms. The largest absolute Gasteiger partial charge is 0.507 e. The summed E-state index contributed by atoms with van der Waals surface area (Å²) in [7, 11) is 0. The predicted molar refractivity (Wildman–Crippen MR) is 233 cm³/mol. The Morgan fingerprint density at radius 1 is 0.481 bits per heavy atom. The van der Waals surface area contributed by atoms with Gasteiger partial charge in [-0.1, -0.05) is 175 Å². The maximum atomic E-state index is 10.6. The molecule has 2 aromatic carbocycles. The predicted octanol–water partition coefficient (Wildman–Crippen LogP) is 14.4. The standard InChI is InChI=1S/C48H80N2O4/c1-4-7-9-11-13-15-17-19-21-23-25-27-29-35-53-45-33-31-42(47(51)37-45)39-49-41-44(6-3)50-40-43-32-34-46(38-48(43)52)54-36-30-28-26-24-22-20-18-16-14-12-10-8-5-2/h31-34,37-40,44,51-52H,4-30,35-36,41H2,1-3H3. The van der Waals surface area contributed by atoms with Crippen molar-refractivity contribution >= 4 is 12.4 Å². The number of benzene rings is 2. The average Bonchev–Trinajstić information content (AvgIpc) is 3.17. The van der Waals surface area contributed by atoms with Crippen LogP contribution in [0.15, 0.2) is 46.4 Å². The van der Waals surface area contributed by atoms with Crippen molar-refractivity contribution in [3.8, 4) is 23.0 Å². The lowest BCUT2D eigenvalue weighted by Crippen LogP contribution is -2.08. The Morgan fingerprint density at radius 2 is 0.833 bits per heavy atom. The van der Waals surface area contributed by atoms with Crippen molar-refractivity contribution < 1.29 is 19.7 Å². The first kappa shape index (κ1) is 47.1. The zero-order valence-electron chi connectivity index (χ0n) is 35.0. The number of aliphatic imine (C=N–C) groups is 2. The van der Waals surface area contributed by atoms with Gasteiger partial charge in [0.05, 0.1) is 25.8 Å². The van der Waals surface area contributed by atoms with E-state index in [4.69, 9.17) is 9.47 Å². The van der Waals surface area contributed by atoms with Gasteiger partial charge in [0.2, 0.25) is 0 Å². The van der Waals surface area contributed by atoms with Crippen molar-refractivity contribution in [3.63, 3.8) is 0 Å². The van der Waals surface area contributed by atoms with Crippen LogP contribution in [0.25, 0.3) is 0 Å². The summed E-state index contributed by atoms with van der Waals surface area (Å²) in [6.07, 6.45) is 38.8. The SMILES string of the molecule is CCCCCCCCCCCCCCCOc1ccc(C=NCC(CC)N=Cc2ccc(OCCCCCCCCCCCCCCC)cc2O)c(O)c1. The molecule has 2 aromatic rings. The molecular weight excluding hydrogens is 669 g/mol. The summed E-state index contributed by atoms with van der Waals surface area (Å²) in [5, 5.41) is 21.1. The minimum absolute atomic E-state index is 0.0304. The van der Waals surface area contributed by atoms with E-state index in [1.807, 2.05) is 24.3 Å². The van der Waals surface area contributed by atoms with E-state index in [0.29, 0.717) is 42.4 Å². The Hall–Kier alpha value is -3.02. The first-order valence-corrected chi connectivity index (χ1v) is 22.5. The minimum Gasteiger partial charge on any atom is -0.507 e. The molecule has 0 aliphatic carbocycles. The van der Waals surface area contributed by atoms with Gasteiger partial charge in [-0.2, -0.15) is 0 Å². The quantitative estimate of drug-likeness (QED) is 0.0537. The van der Waals surface area contributed by atoms with Gasteiger partial charge in [-0.25, -0.2) is 0 Å². The van der Waals surface area contributed by atoms with Crippen LogP contribution in [0.5, 0.6) is 23.0 Å². The second-order valence-electron chi connectivity index (χ2n) is 15.5. The average molecular weight is 749 g/mol. The third-order valence-corrected chi connectivity index (χ3v) is 10.5. The van der Waals surface area contributed by atoms with E-state index in [1.165, 1.54) is 154 Å². The summed E-state index contributed by atoms with van der Waals surface area (Å²) in [6, 6.07) is 10.8. The molecular formula is C48H80N2O4. The molecule has 6 nitrogen and oxygen atoms in total. The number of rotatable bonds is 36. The van der Waals surface area contributed by atoms with Gasteiger partial charge in [0.1, 0.15) is 23.0 Å². The molecule has 0 saturated heterocycles. The lowest BCUT2D eigenvalue weighted by Gasteiger charge is -2.09. The molecule has 0 heterocycles. The lowest BCUT2D eigenvalue weighted by molar-refractivity contribution is 0.302. The van der Waals surface area contributed by atoms with Gasteiger partial charge in [-0.15, -0.1) is 0 Å². The molecule has 0 saturated carbocycles. The Morgan fingerprint density at radius 3 is 1.19 bits per heavy atom.